The van der Waals surface area contributed by atoms with Crippen molar-refractivity contribution in [2.45, 2.75) is 70.3 Å². The van der Waals surface area contributed by atoms with E-state index in [1.54, 1.807) is 0 Å². The fraction of sp³-hybridized carbons (Fsp3) is 0.647. The summed E-state index contributed by atoms with van der Waals surface area (Å²) in [4.78, 5) is 0. The molecule has 0 bridgehead atoms. The van der Waals surface area contributed by atoms with Crippen LogP contribution < -0.4 is 9.46 Å². The molecule has 0 radical (unpaired) electrons. The Kier molecular flexibility index (Phi) is 5.58. The second-order valence-electron chi connectivity index (χ2n) is 6.82. The lowest BCUT2D eigenvalue weighted by Gasteiger charge is -2.26. The number of benzene rings is 1. The summed E-state index contributed by atoms with van der Waals surface area (Å²) in [5, 5.41) is 0. The molecule has 21 heavy (non-hydrogen) atoms. The molecule has 1 saturated carbocycles. The van der Waals surface area contributed by atoms with Gasteiger partial charge in [0.25, 0.3) is 0 Å². The molecule has 1 fully saturated rings. The van der Waals surface area contributed by atoms with Gasteiger partial charge in [-0.3, -0.25) is 0 Å². The quantitative estimate of drug-likeness (QED) is 0.832. The lowest BCUT2D eigenvalue weighted by molar-refractivity contribution is 0.210. The predicted molar refractivity (Wildman–Crippen MR) is 88.8 cm³/mol. The van der Waals surface area contributed by atoms with Gasteiger partial charge in [0, 0.05) is 11.4 Å². The van der Waals surface area contributed by atoms with Crippen LogP contribution in [0.5, 0.6) is 5.75 Å². The molecule has 0 aromatic heterocycles. The Labute approximate surface area is 131 Å². The molecule has 2 atom stereocenters. The molecule has 1 N–H and O–H groups in total. The fourth-order valence-electron chi connectivity index (χ4n) is 2.46. The van der Waals surface area contributed by atoms with Crippen LogP contribution in [0.4, 0.5) is 0 Å². The maximum atomic E-state index is 12.2. The lowest BCUT2D eigenvalue weighted by atomic mass is 10.1. The van der Waals surface area contributed by atoms with E-state index in [0.717, 1.165) is 24.2 Å². The van der Waals surface area contributed by atoms with Crippen molar-refractivity contribution < 1.29 is 9.29 Å². The van der Waals surface area contributed by atoms with Crippen LogP contribution in [0.3, 0.4) is 0 Å². The highest BCUT2D eigenvalue weighted by atomic mass is 32.2. The monoisotopic (exact) mass is 309 g/mol. The van der Waals surface area contributed by atoms with Gasteiger partial charge in [0.05, 0.1) is 12.1 Å². The molecule has 4 heteroatoms. The zero-order chi connectivity index (χ0) is 15.5. The summed E-state index contributed by atoms with van der Waals surface area (Å²) in [5.41, 5.74) is 1.11. The Morgan fingerprint density at radius 3 is 2.57 bits per heavy atom. The summed E-state index contributed by atoms with van der Waals surface area (Å²) in [6, 6.07) is 8.18. The van der Waals surface area contributed by atoms with Gasteiger partial charge in [0.15, 0.2) is 0 Å². The summed E-state index contributed by atoms with van der Waals surface area (Å²) in [6.07, 6.45) is 5.23. The van der Waals surface area contributed by atoms with E-state index >= 15 is 0 Å². The molecule has 0 aliphatic heterocycles. The highest BCUT2D eigenvalue weighted by Crippen LogP contribution is 2.27. The molecule has 118 valence electrons. The summed E-state index contributed by atoms with van der Waals surface area (Å²) < 4.78 is 21.1. The number of hydrogen-bond acceptors (Lipinski definition) is 3. The van der Waals surface area contributed by atoms with Gasteiger partial charge in [0.2, 0.25) is 0 Å². The van der Waals surface area contributed by atoms with Crippen LogP contribution in [0.15, 0.2) is 24.3 Å². The molecule has 0 amide bonds. The Morgan fingerprint density at radius 1 is 1.29 bits per heavy atom. The zero-order valence-corrected chi connectivity index (χ0v) is 14.3. The third-order valence-electron chi connectivity index (χ3n) is 3.80. The van der Waals surface area contributed by atoms with Crippen LogP contribution in [0.2, 0.25) is 0 Å². The van der Waals surface area contributed by atoms with Gasteiger partial charge in [-0.05, 0) is 71.1 Å². The molecule has 1 aliphatic rings. The van der Waals surface area contributed by atoms with Crippen LogP contribution in [-0.2, 0) is 11.4 Å². The first-order valence-corrected chi connectivity index (χ1v) is 8.96. The largest absolute Gasteiger partial charge is 0.598 e. The summed E-state index contributed by atoms with van der Waals surface area (Å²) in [6.45, 7) is 7.96. The van der Waals surface area contributed by atoms with E-state index < -0.39 is 11.4 Å². The maximum absolute atomic E-state index is 12.2. The van der Waals surface area contributed by atoms with Gasteiger partial charge in [-0.1, -0.05) is 12.1 Å². The number of rotatable bonds is 5. The Morgan fingerprint density at radius 2 is 1.95 bits per heavy atom. The first-order valence-electron chi connectivity index (χ1n) is 7.81. The number of ether oxygens (including phenoxy) is 1. The van der Waals surface area contributed by atoms with Crippen molar-refractivity contribution >= 4 is 11.4 Å². The van der Waals surface area contributed by atoms with E-state index in [0.29, 0.717) is 6.10 Å². The third kappa shape index (κ3) is 4.90. The molecular formula is C17H27NO2S. The van der Waals surface area contributed by atoms with E-state index in [2.05, 4.69) is 16.9 Å². The van der Waals surface area contributed by atoms with E-state index in [1.165, 1.54) is 12.8 Å². The minimum atomic E-state index is -1.07. The van der Waals surface area contributed by atoms with Gasteiger partial charge in [0.1, 0.15) is 10.5 Å². The van der Waals surface area contributed by atoms with Gasteiger partial charge in [-0.15, -0.1) is 4.72 Å². The maximum Gasteiger partial charge on any atom is 0.136 e. The highest BCUT2D eigenvalue weighted by Gasteiger charge is 2.28. The Hall–Kier alpha value is -0.710. The van der Waals surface area contributed by atoms with Crippen molar-refractivity contribution in [3.05, 3.63) is 29.8 Å². The van der Waals surface area contributed by atoms with Crippen LogP contribution >= 0.6 is 0 Å². The molecule has 1 aromatic carbocycles. The smallest absolute Gasteiger partial charge is 0.136 e. The van der Waals surface area contributed by atoms with E-state index in [-0.39, 0.29) is 10.8 Å². The van der Waals surface area contributed by atoms with Crippen molar-refractivity contribution in [1.29, 1.82) is 0 Å². The molecule has 0 heterocycles. The minimum absolute atomic E-state index is 0.0391. The zero-order valence-electron chi connectivity index (χ0n) is 13.5. The van der Waals surface area contributed by atoms with Crippen LogP contribution in [0, 0.1) is 0 Å². The summed E-state index contributed by atoms with van der Waals surface area (Å²) in [7, 11) is 0. The van der Waals surface area contributed by atoms with E-state index in [9.17, 15) is 4.55 Å². The summed E-state index contributed by atoms with van der Waals surface area (Å²) in [5.74, 6) is 0.926. The Bertz CT molecular complexity index is 452. The normalized spacial score (nSPS) is 19.5. The average Bonchev–Trinajstić information content (AvgIpc) is 2.90. The second kappa shape index (κ2) is 7.03. The standard InChI is InChI=1S/C17H27NO2S/c1-13(18-21(19)17(2,3)4)14-8-7-11-16(12-14)20-15-9-5-6-10-15/h7-8,11-13,15,18H,5-6,9-10H2,1-4H3. The van der Waals surface area contributed by atoms with Crippen LogP contribution in [0.1, 0.15) is 65.0 Å². The molecule has 2 rings (SSSR count). The third-order valence-corrected chi connectivity index (χ3v) is 5.48. The molecule has 3 nitrogen and oxygen atoms in total. The predicted octanol–water partition coefficient (Wildman–Crippen LogP) is 4.12. The lowest BCUT2D eigenvalue weighted by Crippen LogP contribution is -2.40. The number of nitrogens with one attached hydrogen (secondary N) is 1. The molecular weight excluding hydrogens is 282 g/mol. The first kappa shape index (κ1) is 16.7. The molecule has 0 spiro atoms. The van der Waals surface area contributed by atoms with Crippen molar-refractivity contribution in [3.8, 4) is 5.75 Å². The van der Waals surface area contributed by atoms with Gasteiger partial charge in [-0.2, -0.15) is 0 Å². The fourth-order valence-corrected chi connectivity index (χ4v) is 3.27. The van der Waals surface area contributed by atoms with Crippen molar-refractivity contribution in [2.24, 2.45) is 0 Å². The molecule has 1 aliphatic carbocycles. The van der Waals surface area contributed by atoms with Crippen LogP contribution in [0.25, 0.3) is 0 Å². The highest BCUT2D eigenvalue weighted by molar-refractivity contribution is 7.90. The topological polar surface area (TPSA) is 44.3 Å². The van der Waals surface area contributed by atoms with E-state index in [4.69, 9.17) is 4.74 Å². The Balaban J connectivity index is 1.99. The second-order valence-corrected chi connectivity index (χ2v) is 8.82. The molecule has 2 unspecified atom stereocenters. The van der Waals surface area contributed by atoms with E-state index in [1.807, 2.05) is 39.8 Å². The SMILES string of the molecule is CC(N[S+]([O-])C(C)(C)C)c1cccc(OC2CCCC2)c1. The van der Waals surface area contributed by atoms with Crippen molar-refractivity contribution in [2.75, 3.05) is 0 Å². The van der Waals surface area contributed by atoms with Crippen molar-refractivity contribution in [3.63, 3.8) is 0 Å². The first-order chi connectivity index (χ1) is 9.86. The average molecular weight is 309 g/mol. The van der Waals surface area contributed by atoms with Crippen molar-refractivity contribution in [1.82, 2.24) is 4.72 Å². The minimum Gasteiger partial charge on any atom is -0.598 e. The molecule has 0 saturated heterocycles. The summed E-state index contributed by atoms with van der Waals surface area (Å²) >= 11 is -1.07. The van der Waals surface area contributed by atoms with Gasteiger partial charge >= 0.3 is 0 Å². The number of hydrogen-bond donors (Lipinski definition) is 1. The molecule has 1 aromatic rings. The van der Waals surface area contributed by atoms with Gasteiger partial charge < -0.3 is 9.29 Å². The van der Waals surface area contributed by atoms with Crippen LogP contribution in [-0.4, -0.2) is 15.4 Å². The van der Waals surface area contributed by atoms with Gasteiger partial charge in [-0.25, -0.2) is 0 Å².